The Morgan fingerprint density at radius 3 is 3.12 bits per heavy atom. The minimum atomic E-state index is -0.302. The normalized spacial score (nSPS) is 40.8. The molecule has 2 heterocycles. The van der Waals surface area contributed by atoms with Crippen molar-refractivity contribution in [2.24, 2.45) is 0 Å². The van der Waals surface area contributed by atoms with E-state index >= 15 is 0 Å². The first kappa shape index (κ1) is 4.09. The molecular weight excluding hydrogens is 108 g/mol. The SMILES string of the molecule is O=C1C=CC2OC2O1. The van der Waals surface area contributed by atoms with E-state index in [0.29, 0.717) is 0 Å². The van der Waals surface area contributed by atoms with Gasteiger partial charge < -0.3 is 9.47 Å². The van der Waals surface area contributed by atoms with Gasteiger partial charge in [-0.2, -0.15) is 0 Å². The lowest BCUT2D eigenvalue weighted by Crippen LogP contribution is -2.09. The maximum Gasteiger partial charge on any atom is 0.332 e. The molecule has 0 radical (unpaired) electrons. The van der Waals surface area contributed by atoms with Crippen molar-refractivity contribution in [2.45, 2.75) is 12.4 Å². The molecule has 0 amide bonds. The van der Waals surface area contributed by atoms with Crippen LogP contribution in [-0.2, 0) is 14.3 Å². The number of fused-ring (bicyclic) bond motifs is 1. The molecule has 2 atom stereocenters. The monoisotopic (exact) mass is 112 g/mol. The van der Waals surface area contributed by atoms with E-state index in [4.69, 9.17) is 4.74 Å². The minimum Gasteiger partial charge on any atom is -0.429 e. The standard InChI is InChI=1S/C5H4O3/c6-4-2-1-3-5(7-3)8-4/h1-3,5H. The fourth-order valence-electron chi connectivity index (χ4n) is 0.668. The maximum absolute atomic E-state index is 10.3. The molecule has 2 aliphatic rings. The van der Waals surface area contributed by atoms with Crippen LogP contribution < -0.4 is 0 Å². The van der Waals surface area contributed by atoms with Crippen molar-refractivity contribution >= 4 is 5.97 Å². The summed E-state index contributed by atoms with van der Waals surface area (Å²) >= 11 is 0. The zero-order valence-corrected chi connectivity index (χ0v) is 4.03. The number of ether oxygens (including phenoxy) is 2. The molecule has 0 saturated carbocycles. The molecule has 0 aromatic rings. The van der Waals surface area contributed by atoms with E-state index in [1.54, 1.807) is 6.08 Å². The molecule has 1 saturated heterocycles. The van der Waals surface area contributed by atoms with Gasteiger partial charge in [-0.25, -0.2) is 4.79 Å². The Hall–Kier alpha value is -0.830. The van der Waals surface area contributed by atoms with Crippen LogP contribution in [0.3, 0.4) is 0 Å². The average molecular weight is 112 g/mol. The Morgan fingerprint density at radius 2 is 2.50 bits per heavy atom. The van der Waals surface area contributed by atoms with Crippen molar-refractivity contribution in [1.82, 2.24) is 0 Å². The predicted octanol–water partition coefficient (Wildman–Crippen LogP) is -0.176. The molecule has 0 aliphatic carbocycles. The Balaban J connectivity index is 2.21. The first-order chi connectivity index (χ1) is 3.86. The van der Waals surface area contributed by atoms with Crippen molar-refractivity contribution in [3.05, 3.63) is 12.2 Å². The van der Waals surface area contributed by atoms with Crippen molar-refractivity contribution in [3.63, 3.8) is 0 Å². The Bertz CT molecular complexity index is 161. The van der Waals surface area contributed by atoms with Crippen molar-refractivity contribution in [2.75, 3.05) is 0 Å². The highest BCUT2D eigenvalue weighted by Gasteiger charge is 2.42. The number of carbonyl (C=O) groups excluding carboxylic acids is 1. The molecule has 0 aromatic heterocycles. The summed E-state index contributed by atoms with van der Waals surface area (Å²) in [6.45, 7) is 0. The Kier molecular flexibility index (Phi) is 0.569. The summed E-state index contributed by atoms with van der Waals surface area (Å²) < 4.78 is 9.43. The van der Waals surface area contributed by atoms with E-state index in [9.17, 15) is 4.79 Å². The van der Waals surface area contributed by atoms with Gasteiger partial charge in [-0.1, -0.05) is 0 Å². The lowest BCUT2D eigenvalue weighted by atomic mass is 10.3. The number of carbonyl (C=O) groups is 1. The predicted molar refractivity (Wildman–Crippen MR) is 23.9 cm³/mol. The molecule has 0 N–H and O–H groups in total. The summed E-state index contributed by atoms with van der Waals surface area (Å²) in [5.74, 6) is -0.302. The van der Waals surface area contributed by atoms with Gasteiger partial charge in [0.1, 0.15) is 6.10 Å². The Labute approximate surface area is 45.9 Å². The highest BCUT2D eigenvalue weighted by atomic mass is 16.8. The quantitative estimate of drug-likeness (QED) is 0.322. The lowest BCUT2D eigenvalue weighted by Gasteiger charge is -1.96. The second-order valence-electron chi connectivity index (χ2n) is 1.77. The molecule has 3 nitrogen and oxygen atoms in total. The molecule has 0 bridgehead atoms. The highest BCUT2D eigenvalue weighted by Crippen LogP contribution is 2.27. The fourth-order valence-corrected chi connectivity index (χ4v) is 0.668. The van der Waals surface area contributed by atoms with Crippen LogP contribution in [0.25, 0.3) is 0 Å². The van der Waals surface area contributed by atoms with Gasteiger partial charge >= 0.3 is 5.97 Å². The topological polar surface area (TPSA) is 38.8 Å². The molecule has 3 heteroatoms. The van der Waals surface area contributed by atoms with Crippen LogP contribution in [0.4, 0.5) is 0 Å². The first-order valence-corrected chi connectivity index (χ1v) is 2.40. The van der Waals surface area contributed by atoms with E-state index in [1.165, 1.54) is 6.08 Å². The zero-order valence-electron chi connectivity index (χ0n) is 4.03. The zero-order chi connectivity index (χ0) is 5.56. The molecule has 2 rings (SSSR count). The van der Waals surface area contributed by atoms with E-state index < -0.39 is 0 Å². The molecular formula is C5H4O3. The van der Waals surface area contributed by atoms with Crippen LogP contribution in [0.5, 0.6) is 0 Å². The van der Waals surface area contributed by atoms with Gasteiger partial charge in [-0.3, -0.25) is 0 Å². The summed E-state index contributed by atoms with van der Waals surface area (Å²) in [7, 11) is 0. The van der Waals surface area contributed by atoms with Gasteiger partial charge in [0, 0.05) is 6.08 Å². The van der Waals surface area contributed by atoms with Crippen LogP contribution in [-0.4, -0.2) is 18.4 Å². The number of hydrogen-bond acceptors (Lipinski definition) is 3. The van der Waals surface area contributed by atoms with E-state index in [2.05, 4.69) is 4.74 Å². The van der Waals surface area contributed by atoms with Gasteiger partial charge in [0.05, 0.1) is 0 Å². The summed E-state index contributed by atoms with van der Waals surface area (Å²) in [6, 6.07) is 0. The smallest absolute Gasteiger partial charge is 0.332 e. The minimum absolute atomic E-state index is 0.0627. The third-order valence-electron chi connectivity index (χ3n) is 1.14. The molecule has 2 aliphatic heterocycles. The second-order valence-corrected chi connectivity index (χ2v) is 1.77. The highest BCUT2D eigenvalue weighted by molar-refractivity contribution is 5.83. The summed E-state index contributed by atoms with van der Waals surface area (Å²) in [6.07, 6.45) is 2.89. The Morgan fingerprint density at radius 1 is 1.62 bits per heavy atom. The summed E-state index contributed by atoms with van der Waals surface area (Å²) in [5.41, 5.74) is 0. The van der Waals surface area contributed by atoms with Gasteiger partial charge in [-0.15, -0.1) is 0 Å². The third kappa shape index (κ3) is 0.448. The van der Waals surface area contributed by atoms with Crippen LogP contribution in [0.2, 0.25) is 0 Å². The molecule has 0 spiro atoms. The number of epoxide rings is 1. The van der Waals surface area contributed by atoms with Gasteiger partial charge in [0.15, 0.2) is 0 Å². The number of rotatable bonds is 0. The molecule has 2 unspecified atom stereocenters. The summed E-state index contributed by atoms with van der Waals surface area (Å²) in [4.78, 5) is 10.3. The van der Waals surface area contributed by atoms with Crippen LogP contribution in [0.1, 0.15) is 0 Å². The third-order valence-corrected chi connectivity index (χ3v) is 1.14. The maximum atomic E-state index is 10.3. The molecule has 8 heavy (non-hydrogen) atoms. The molecule has 0 aromatic carbocycles. The van der Waals surface area contributed by atoms with Crippen molar-refractivity contribution in [3.8, 4) is 0 Å². The van der Waals surface area contributed by atoms with E-state index in [0.717, 1.165) is 0 Å². The second kappa shape index (κ2) is 1.11. The van der Waals surface area contributed by atoms with Gasteiger partial charge in [0.2, 0.25) is 6.29 Å². The fraction of sp³-hybridized carbons (Fsp3) is 0.400. The van der Waals surface area contributed by atoms with Crippen LogP contribution in [0.15, 0.2) is 12.2 Å². The lowest BCUT2D eigenvalue weighted by molar-refractivity contribution is -0.142. The molecule has 1 fully saturated rings. The van der Waals surface area contributed by atoms with Gasteiger partial charge in [0.25, 0.3) is 0 Å². The van der Waals surface area contributed by atoms with E-state index in [1.807, 2.05) is 0 Å². The van der Waals surface area contributed by atoms with Crippen molar-refractivity contribution < 1.29 is 14.3 Å². The van der Waals surface area contributed by atoms with Crippen LogP contribution >= 0.6 is 0 Å². The van der Waals surface area contributed by atoms with E-state index in [-0.39, 0.29) is 18.4 Å². The molecule has 42 valence electrons. The van der Waals surface area contributed by atoms with Crippen LogP contribution in [0, 0.1) is 0 Å². The summed E-state index contributed by atoms with van der Waals surface area (Å²) in [5, 5.41) is 0. The number of hydrogen-bond donors (Lipinski definition) is 0. The number of esters is 1. The van der Waals surface area contributed by atoms with Gasteiger partial charge in [-0.05, 0) is 6.08 Å². The first-order valence-electron chi connectivity index (χ1n) is 2.40. The largest absolute Gasteiger partial charge is 0.429 e. The average Bonchev–Trinajstić information content (AvgIpc) is 2.43. The van der Waals surface area contributed by atoms with Crippen molar-refractivity contribution in [1.29, 1.82) is 0 Å².